The second kappa shape index (κ2) is 10.1. The summed E-state index contributed by atoms with van der Waals surface area (Å²) in [7, 11) is 1.77. The molecule has 2 aromatic carbocycles. The molecule has 38 heavy (non-hydrogen) atoms. The molecule has 200 valence electrons. The molecule has 3 N–H and O–H groups in total. The number of aliphatic hydroxyl groups excluding tert-OH is 1. The van der Waals surface area contributed by atoms with E-state index in [1.807, 2.05) is 0 Å². The van der Waals surface area contributed by atoms with Crippen molar-refractivity contribution in [3.63, 3.8) is 0 Å². The molecule has 1 fully saturated rings. The second-order valence-electron chi connectivity index (χ2n) is 8.81. The maximum Gasteiger partial charge on any atom is 0.573 e. The van der Waals surface area contributed by atoms with Crippen LogP contribution in [0, 0.1) is 0 Å². The number of hydrogen-bond acceptors (Lipinski definition) is 8. The Morgan fingerprint density at radius 2 is 1.89 bits per heavy atom. The average Bonchev–Trinajstić information content (AvgIpc) is 3.41. The number of carbonyl (C=O) groups excluding carboxylic acids is 2. The topological polar surface area (TPSA) is 122 Å². The molecule has 5 rings (SSSR count). The van der Waals surface area contributed by atoms with Gasteiger partial charge in [-0.15, -0.1) is 13.2 Å². The van der Waals surface area contributed by atoms with Crippen LogP contribution in [-0.2, 0) is 11.8 Å². The highest BCUT2D eigenvalue weighted by atomic mass is 32.1. The van der Waals surface area contributed by atoms with Crippen LogP contribution < -0.4 is 15.4 Å². The third-order valence-corrected chi connectivity index (χ3v) is 7.11. The third kappa shape index (κ3) is 5.65. The van der Waals surface area contributed by atoms with Crippen molar-refractivity contribution in [1.82, 2.24) is 24.8 Å². The van der Waals surface area contributed by atoms with E-state index in [2.05, 4.69) is 25.3 Å². The van der Waals surface area contributed by atoms with Crippen LogP contribution in [0.25, 0.3) is 21.3 Å². The normalized spacial score (nSPS) is 14.7. The number of anilines is 2. The first-order valence-electron chi connectivity index (χ1n) is 11.7. The van der Waals surface area contributed by atoms with Crippen LogP contribution in [0.3, 0.4) is 0 Å². The summed E-state index contributed by atoms with van der Waals surface area (Å²) in [6.07, 6.45) is -4.12. The second-order valence-corrected chi connectivity index (χ2v) is 9.84. The quantitative estimate of drug-likeness (QED) is 0.337. The number of aryl methyl sites for hydroxylation is 1. The third-order valence-electron chi connectivity index (χ3n) is 6.17. The maximum absolute atomic E-state index is 12.7. The van der Waals surface area contributed by atoms with Crippen LogP contribution in [0.15, 0.2) is 36.4 Å². The highest BCUT2D eigenvalue weighted by molar-refractivity contribution is 7.22. The molecule has 0 bridgehead atoms. The van der Waals surface area contributed by atoms with Gasteiger partial charge in [0.15, 0.2) is 5.13 Å². The molecule has 1 aliphatic rings. The number of fused-ring (bicyclic) bond motifs is 2. The van der Waals surface area contributed by atoms with Crippen LogP contribution in [0.1, 0.15) is 23.2 Å². The van der Waals surface area contributed by atoms with Gasteiger partial charge < -0.3 is 29.9 Å². The van der Waals surface area contributed by atoms with Crippen molar-refractivity contribution >= 4 is 55.5 Å². The van der Waals surface area contributed by atoms with Gasteiger partial charge in [-0.3, -0.25) is 9.59 Å². The molecule has 0 unspecified atom stereocenters. The summed E-state index contributed by atoms with van der Waals surface area (Å²) in [5.41, 5.74) is 2.09. The van der Waals surface area contributed by atoms with Gasteiger partial charge in [-0.1, -0.05) is 11.3 Å². The van der Waals surface area contributed by atoms with Gasteiger partial charge in [0, 0.05) is 31.8 Å². The minimum absolute atomic E-state index is 0.144. The van der Waals surface area contributed by atoms with Crippen molar-refractivity contribution in [2.24, 2.45) is 7.05 Å². The number of piperidine rings is 1. The molecule has 0 saturated carbocycles. The van der Waals surface area contributed by atoms with E-state index in [4.69, 9.17) is 0 Å². The Labute approximate surface area is 218 Å². The highest BCUT2D eigenvalue weighted by Gasteiger charge is 2.31. The lowest BCUT2D eigenvalue weighted by atomic mass is 10.1. The predicted molar refractivity (Wildman–Crippen MR) is 134 cm³/mol. The fourth-order valence-electron chi connectivity index (χ4n) is 4.19. The first-order chi connectivity index (χ1) is 18.1. The summed E-state index contributed by atoms with van der Waals surface area (Å²) in [5.74, 6) is -0.528. The number of aliphatic hydroxyl groups is 1. The summed E-state index contributed by atoms with van der Waals surface area (Å²) in [6.45, 7) is 0.778. The zero-order valence-electron chi connectivity index (χ0n) is 20.1. The highest BCUT2D eigenvalue weighted by Crippen LogP contribution is 2.33. The fraction of sp³-hybridized carbons (Fsp3) is 0.333. The SMILES string of the molecule is Cn1c(Nc2nc3ccc(OC(F)(F)F)cc3s2)nc2cc(C(=O)NCC(=O)N3CCC(O)CC3)ccc21. The van der Waals surface area contributed by atoms with E-state index in [0.29, 0.717) is 58.3 Å². The molecule has 10 nitrogen and oxygen atoms in total. The molecule has 0 radical (unpaired) electrons. The van der Waals surface area contributed by atoms with E-state index in [1.54, 1.807) is 34.7 Å². The van der Waals surface area contributed by atoms with E-state index in [-0.39, 0.29) is 18.2 Å². The summed E-state index contributed by atoms with van der Waals surface area (Å²) < 4.78 is 43.8. The lowest BCUT2D eigenvalue weighted by Crippen LogP contribution is -2.45. The van der Waals surface area contributed by atoms with E-state index in [9.17, 15) is 27.9 Å². The number of imidazole rings is 1. The van der Waals surface area contributed by atoms with Crippen LogP contribution in [-0.4, -0.2) is 68.5 Å². The van der Waals surface area contributed by atoms with E-state index < -0.39 is 18.4 Å². The number of amides is 2. The number of ether oxygens (including phenoxy) is 1. The monoisotopic (exact) mass is 548 g/mol. The average molecular weight is 549 g/mol. The molecular weight excluding hydrogens is 525 g/mol. The number of aromatic nitrogens is 3. The Balaban J connectivity index is 1.27. The van der Waals surface area contributed by atoms with Crippen LogP contribution in [0.2, 0.25) is 0 Å². The number of rotatable bonds is 6. The van der Waals surface area contributed by atoms with Crippen molar-refractivity contribution in [2.75, 3.05) is 25.0 Å². The van der Waals surface area contributed by atoms with Gasteiger partial charge in [-0.2, -0.15) is 0 Å². The molecule has 0 atom stereocenters. The zero-order valence-corrected chi connectivity index (χ0v) is 20.9. The van der Waals surface area contributed by atoms with Crippen LogP contribution >= 0.6 is 11.3 Å². The molecule has 1 aliphatic heterocycles. The van der Waals surface area contributed by atoms with Gasteiger partial charge in [-0.25, -0.2) is 9.97 Å². The lowest BCUT2D eigenvalue weighted by molar-refractivity contribution is -0.274. The Morgan fingerprint density at radius 3 is 2.63 bits per heavy atom. The number of benzene rings is 2. The molecule has 3 heterocycles. The molecule has 14 heteroatoms. The number of nitrogens with one attached hydrogen (secondary N) is 2. The van der Waals surface area contributed by atoms with Gasteiger partial charge in [-0.05, 0) is 43.2 Å². The lowest BCUT2D eigenvalue weighted by Gasteiger charge is -2.29. The summed E-state index contributed by atoms with van der Waals surface area (Å²) >= 11 is 1.14. The van der Waals surface area contributed by atoms with Crippen molar-refractivity contribution < 1.29 is 32.6 Å². The number of halogens is 3. The Morgan fingerprint density at radius 1 is 1.13 bits per heavy atom. The van der Waals surface area contributed by atoms with Crippen molar-refractivity contribution in [2.45, 2.75) is 25.3 Å². The van der Waals surface area contributed by atoms with Crippen LogP contribution in [0.4, 0.5) is 24.3 Å². The fourth-order valence-corrected chi connectivity index (χ4v) is 5.08. The van der Waals surface area contributed by atoms with Crippen molar-refractivity contribution in [3.05, 3.63) is 42.0 Å². The molecule has 4 aromatic rings. The Kier molecular flexibility index (Phi) is 6.84. The van der Waals surface area contributed by atoms with E-state index >= 15 is 0 Å². The largest absolute Gasteiger partial charge is 0.573 e. The standard InChI is InChI=1S/C24H23F3N6O4S/c1-32-18-5-2-13(21(36)28-12-20(35)33-8-6-14(34)7-9-33)10-17(18)29-22(32)31-23-30-16-4-3-15(11-19(16)38-23)37-24(25,26)27/h2-5,10-11,14,34H,6-9,12H2,1H3,(H,28,36)(H,29,30,31). The summed E-state index contributed by atoms with van der Waals surface area (Å²) in [4.78, 5) is 35.6. The number of thiazole rings is 1. The predicted octanol–water partition coefficient (Wildman–Crippen LogP) is 3.54. The van der Waals surface area contributed by atoms with E-state index in [0.717, 1.165) is 16.9 Å². The van der Waals surface area contributed by atoms with E-state index in [1.165, 1.54) is 18.2 Å². The summed E-state index contributed by atoms with van der Waals surface area (Å²) in [5, 5.41) is 15.7. The number of carbonyl (C=O) groups is 2. The maximum atomic E-state index is 12.7. The number of nitrogens with zero attached hydrogens (tertiary/aromatic N) is 4. The molecule has 1 saturated heterocycles. The van der Waals surface area contributed by atoms with Crippen LogP contribution in [0.5, 0.6) is 5.75 Å². The number of alkyl halides is 3. The molecule has 2 aromatic heterocycles. The number of likely N-dealkylation sites (tertiary alicyclic amines) is 1. The first kappa shape index (κ1) is 25.7. The molecule has 0 spiro atoms. The first-order valence-corrected chi connectivity index (χ1v) is 12.5. The van der Waals surface area contributed by atoms with Gasteiger partial charge in [0.05, 0.1) is 33.9 Å². The molecular formula is C24H23F3N6O4S. The van der Waals surface area contributed by atoms with Gasteiger partial charge in [0.1, 0.15) is 5.75 Å². The minimum atomic E-state index is -4.78. The van der Waals surface area contributed by atoms with Crippen molar-refractivity contribution in [1.29, 1.82) is 0 Å². The van der Waals surface area contributed by atoms with Gasteiger partial charge in [0.25, 0.3) is 5.91 Å². The zero-order chi connectivity index (χ0) is 27.0. The Hall–Kier alpha value is -3.91. The van der Waals surface area contributed by atoms with Gasteiger partial charge >= 0.3 is 6.36 Å². The van der Waals surface area contributed by atoms with Crippen molar-refractivity contribution in [3.8, 4) is 5.75 Å². The van der Waals surface area contributed by atoms with Gasteiger partial charge in [0.2, 0.25) is 11.9 Å². The minimum Gasteiger partial charge on any atom is -0.406 e. The summed E-state index contributed by atoms with van der Waals surface area (Å²) in [6, 6.07) is 8.88. The smallest absolute Gasteiger partial charge is 0.406 e. The molecule has 2 amide bonds. The Bertz CT molecular complexity index is 1510. The number of hydrogen-bond donors (Lipinski definition) is 3. The molecule has 0 aliphatic carbocycles.